The van der Waals surface area contributed by atoms with Crippen LogP contribution in [0.3, 0.4) is 0 Å². The minimum atomic E-state index is -4.38. The fourth-order valence-electron chi connectivity index (χ4n) is 1.50. The number of benzene rings is 1. The smallest absolute Gasteiger partial charge is 0.417 e. The van der Waals surface area contributed by atoms with Crippen LogP contribution < -0.4 is 4.74 Å². The number of hydrogen-bond donors (Lipinski definition) is 0. The molecule has 0 unspecified atom stereocenters. The minimum absolute atomic E-state index is 0.145. The Bertz CT molecular complexity index is 672. The van der Waals surface area contributed by atoms with Crippen molar-refractivity contribution in [3.05, 3.63) is 40.8 Å². The molecule has 20 heavy (non-hydrogen) atoms. The van der Waals surface area contributed by atoms with Gasteiger partial charge in [-0.05, 0) is 30.7 Å². The van der Waals surface area contributed by atoms with Crippen LogP contribution in [0.2, 0.25) is 0 Å². The summed E-state index contributed by atoms with van der Waals surface area (Å²) >= 11 is 0.866. The van der Waals surface area contributed by atoms with Gasteiger partial charge in [-0.2, -0.15) is 18.2 Å². The zero-order valence-corrected chi connectivity index (χ0v) is 11.0. The molecule has 3 nitrogen and oxygen atoms in total. The Balaban J connectivity index is 2.22. The molecule has 0 fully saturated rings. The minimum Gasteiger partial charge on any atom is -0.446 e. The third-order valence-electron chi connectivity index (χ3n) is 2.45. The average Bonchev–Trinajstić information content (AvgIpc) is 2.81. The fourth-order valence-corrected chi connectivity index (χ4v) is 2.28. The average molecular weight is 299 g/mol. The van der Waals surface area contributed by atoms with Gasteiger partial charge in [-0.25, -0.2) is 4.79 Å². The van der Waals surface area contributed by atoms with E-state index in [2.05, 4.69) is 4.99 Å². The van der Waals surface area contributed by atoms with Gasteiger partial charge in [-0.15, -0.1) is 11.3 Å². The number of ether oxygens (including phenoxy) is 1. The zero-order chi connectivity index (χ0) is 14.8. The van der Waals surface area contributed by atoms with Crippen LogP contribution in [0.5, 0.6) is 10.8 Å². The molecule has 2 aromatic rings. The van der Waals surface area contributed by atoms with Gasteiger partial charge in [0, 0.05) is 11.4 Å². The van der Waals surface area contributed by atoms with Crippen molar-refractivity contribution >= 4 is 23.1 Å². The summed E-state index contributed by atoms with van der Waals surface area (Å²) in [4.78, 5) is 13.6. The zero-order valence-electron chi connectivity index (χ0n) is 10.2. The first kappa shape index (κ1) is 14.3. The van der Waals surface area contributed by atoms with Crippen LogP contribution >= 0.6 is 11.3 Å². The van der Waals surface area contributed by atoms with E-state index in [4.69, 9.17) is 4.74 Å². The summed E-state index contributed by atoms with van der Waals surface area (Å²) in [7, 11) is 0. The molecule has 1 aromatic carbocycles. The molecule has 0 radical (unpaired) electrons. The number of alkyl halides is 3. The van der Waals surface area contributed by atoms with E-state index in [1.54, 1.807) is 19.1 Å². The lowest BCUT2D eigenvalue weighted by Crippen LogP contribution is -2.01. The molecule has 0 bridgehead atoms. The molecule has 0 aliphatic rings. The maximum atomic E-state index is 12.5. The lowest BCUT2D eigenvalue weighted by Gasteiger charge is -2.06. The number of isocyanates is 1. The van der Waals surface area contributed by atoms with Crippen LogP contribution in [-0.2, 0) is 11.0 Å². The second-order valence-corrected chi connectivity index (χ2v) is 4.78. The predicted molar refractivity (Wildman–Crippen MR) is 68.4 cm³/mol. The second kappa shape index (κ2) is 5.48. The van der Waals surface area contributed by atoms with Gasteiger partial charge >= 0.3 is 6.18 Å². The molecule has 104 valence electrons. The molecule has 0 saturated heterocycles. The number of rotatable bonds is 3. The molecule has 7 heteroatoms. The third-order valence-corrected chi connectivity index (χ3v) is 3.25. The fraction of sp³-hybridized carbons (Fsp3) is 0.154. The Hall–Kier alpha value is -2.11. The van der Waals surface area contributed by atoms with E-state index in [1.165, 1.54) is 12.1 Å². The highest BCUT2D eigenvalue weighted by Gasteiger charge is 2.32. The number of nitrogens with zero attached hydrogens (tertiary/aromatic N) is 1. The molecule has 0 aliphatic carbocycles. The number of aryl methyl sites for hydroxylation is 1. The van der Waals surface area contributed by atoms with Crippen molar-refractivity contribution in [3.8, 4) is 10.8 Å². The van der Waals surface area contributed by atoms with E-state index >= 15 is 0 Å². The summed E-state index contributed by atoms with van der Waals surface area (Å²) in [5.41, 5.74) is 0.327. The second-order valence-electron chi connectivity index (χ2n) is 3.91. The van der Waals surface area contributed by atoms with Gasteiger partial charge in [-0.3, -0.25) is 0 Å². The van der Waals surface area contributed by atoms with Crippen LogP contribution in [0.1, 0.15) is 11.1 Å². The summed E-state index contributed by atoms with van der Waals surface area (Å²) < 4.78 is 42.8. The van der Waals surface area contributed by atoms with Crippen LogP contribution in [0.25, 0.3) is 0 Å². The van der Waals surface area contributed by atoms with Crippen LogP contribution in [-0.4, -0.2) is 6.08 Å². The van der Waals surface area contributed by atoms with Crippen LogP contribution in [0.4, 0.5) is 18.9 Å². The molecule has 1 heterocycles. The Kier molecular flexibility index (Phi) is 3.92. The summed E-state index contributed by atoms with van der Waals surface area (Å²) in [6.07, 6.45) is -2.97. The van der Waals surface area contributed by atoms with E-state index in [1.807, 2.05) is 0 Å². The number of halogens is 3. The standard InChI is InChI=1S/C13H8F3NO2S/c1-8-4-10(17-7-18)2-3-11(8)19-12-5-9(6-20-12)13(14,15)16/h2-6H,1H3. The highest BCUT2D eigenvalue weighted by atomic mass is 32.1. The van der Waals surface area contributed by atoms with Gasteiger partial charge in [0.25, 0.3) is 0 Å². The van der Waals surface area contributed by atoms with Crippen molar-refractivity contribution in [1.82, 2.24) is 0 Å². The molecule has 0 amide bonds. The van der Waals surface area contributed by atoms with Gasteiger partial charge in [-0.1, -0.05) is 0 Å². The van der Waals surface area contributed by atoms with Gasteiger partial charge in [0.1, 0.15) is 5.75 Å². The molecule has 0 saturated carbocycles. The largest absolute Gasteiger partial charge is 0.446 e. The highest BCUT2D eigenvalue weighted by Crippen LogP contribution is 2.38. The van der Waals surface area contributed by atoms with Gasteiger partial charge in [0.2, 0.25) is 6.08 Å². The van der Waals surface area contributed by atoms with Crippen molar-refractivity contribution in [2.45, 2.75) is 13.1 Å². The first-order valence-corrected chi connectivity index (χ1v) is 6.30. The Morgan fingerprint density at radius 3 is 2.60 bits per heavy atom. The lowest BCUT2D eigenvalue weighted by atomic mass is 10.2. The predicted octanol–water partition coefficient (Wildman–Crippen LogP) is 4.83. The summed E-state index contributed by atoms with van der Waals surface area (Å²) in [6.45, 7) is 1.71. The van der Waals surface area contributed by atoms with Gasteiger partial charge in [0.15, 0.2) is 5.06 Å². The van der Waals surface area contributed by atoms with E-state index in [0.29, 0.717) is 17.0 Å². The van der Waals surface area contributed by atoms with Gasteiger partial charge in [0.05, 0.1) is 11.3 Å². The lowest BCUT2D eigenvalue weighted by molar-refractivity contribution is -0.137. The topological polar surface area (TPSA) is 38.7 Å². The molecular formula is C13H8F3NO2S. The molecular weight excluding hydrogens is 291 g/mol. The summed E-state index contributed by atoms with van der Waals surface area (Å²) in [6, 6.07) is 5.59. The number of aliphatic imine (C=N–C) groups is 1. The van der Waals surface area contributed by atoms with Crippen molar-refractivity contribution < 1.29 is 22.7 Å². The van der Waals surface area contributed by atoms with Crippen molar-refractivity contribution in [1.29, 1.82) is 0 Å². The number of thiophene rings is 1. The van der Waals surface area contributed by atoms with Crippen LogP contribution in [0.15, 0.2) is 34.6 Å². The Morgan fingerprint density at radius 1 is 1.30 bits per heavy atom. The normalized spacial score (nSPS) is 11.0. The van der Waals surface area contributed by atoms with E-state index in [9.17, 15) is 18.0 Å². The molecule has 0 N–H and O–H groups in total. The van der Waals surface area contributed by atoms with Gasteiger partial charge < -0.3 is 4.74 Å². The molecule has 1 aromatic heterocycles. The third kappa shape index (κ3) is 3.26. The number of carbonyl (C=O) groups excluding carboxylic acids is 1. The molecule has 0 atom stereocenters. The summed E-state index contributed by atoms with van der Waals surface area (Å²) in [5.74, 6) is 0.408. The monoisotopic (exact) mass is 299 g/mol. The Morgan fingerprint density at radius 2 is 2.05 bits per heavy atom. The van der Waals surface area contributed by atoms with E-state index in [-0.39, 0.29) is 5.06 Å². The first-order valence-electron chi connectivity index (χ1n) is 5.42. The SMILES string of the molecule is Cc1cc(N=C=O)ccc1Oc1cc(C(F)(F)F)cs1. The van der Waals surface area contributed by atoms with Crippen LogP contribution in [0, 0.1) is 6.92 Å². The number of hydrogen-bond acceptors (Lipinski definition) is 4. The van der Waals surface area contributed by atoms with Crippen molar-refractivity contribution in [2.24, 2.45) is 4.99 Å². The maximum Gasteiger partial charge on any atom is 0.417 e. The van der Waals surface area contributed by atoms with Crippen molar-refractivity contribution in [3.63, 3.8) is 0 Å². The molecule has 0 aliphatic heterocycles. The highest BCUT2D eigenvalue weighted by molar-refractivity contribution is 7.12. The van der Waals surface area contributed by atoms with Crippen molar-refractivity contribution in [2.75, 3.05) is 0 Å². The quantitative estimate of drug-likeness (QED) is 0.601. The first-order chi connectivity index (χ1) is 9.40. The molecule has 2 rings (SSSR count). The van der Waals surface area contributed by atoms with E-state index < -0.39 is 11.7 Å². The van der Waals surface area contributed by atoms with E-state index in [0.717, 1.165) is 22.8 Å². The Labute approximate surface area is 116 Å². The maximum absolute atomic E-state index is 12.5. The molecule has 0 spiro atoms. The summed E-state index contributed by atoms with van der Waals surface area (Å²) in [5, 5.41) is 1.14.